The molecule has 31 heavy (non-hydrogen) atoms. The predicted octanol–water partition coefficient (Wildman–Crippen LogP) is 6.11. The van der Waals surface area contributed by atoms with Gasteiger partial charge in [-0.25, -0.2) is 0 Å². The SMILES string of the molecule is CC(C)N(Cc1nnc(-c2ccccc2Cl)o1)C(=O)c1ccc(-c2ccccc2)cc1. The van der Waals surface area contributed by atoms with Crippen molar-refractivity contribution in [3.05, 3.63) is 95.3 Å². The summed E-state index contributed by atoms with van der Waals surface area (Å²) in [5, 5.41) is 8.75. The van der Waals surface area contributed by atoms with Crippen LogP contribution in [0, 0.1) is 0 Å². The van der Waals surface area contributed by atoms with Crippen LogP contribution >= 0.6 is 11.6 Å². The standard InChI is InChI=1S/C25H22ClN3O2/c1-17(2)29(16-23-27-28-24(31-23)21-10-6-7-11-22(21)26)25(30)20-14-12-19(13-15-20)18-8-4-3-5-9-18/h3-15,17H,16H2,1-2H3. The second-order valence-corrected chi connectivity index (χ2v) is 7.86. The molecule has 3 aromatic carbocycles. The number of hydrogen-bond acceptors (Lipinski definition) is 4. The van der Waals surface area contributed by atoms with Crippen molar-refractivity contribution < 1.29 is 9.21 Å². The van der Waals surface area contributed by atoms with E-state index in [4.69, 9.17) is 16.0 Å². The zero-order chi connectivity index (χ0) is 21.8. The Kier molecular flexibility index (Phi) is 6.14. The number of halogens is 1. The first kappa shape index (κ1) is 20.8. The third-order valence-corrected chi connectivity index (χ3v) is 5.33. The number of aromatic nitrogens is 2. The molecule has 0 saturated heterocycles. The molecule has 0 spiro atoms. The van der Waals surface area contributed by atoms with Crippen LogP contribution in [-0.2, 0) is 6.54 Å². The first-order valence-electron chi connectivity index (χ1n) is 10.1. The van der Waals surface area contributed by atoms with Crippen LogP contribution in [-0.4, -0.2) is 27.0 Å². The van der Waals surface area contributed by atoms with E-state index in [-0.39, 0.29) is 18.5 Å². The summed E-state index contributed by atoms with van der Waals surface area (Å²) in [6.07, 6.45) is 0. The average molecular weight is 432 g/mol. The highest BCUT2D eigenvalue weighted by molar-refractivity contribution is 6.33. The maximum atomic E-state index is 13.2. The van der Waals surface area contributed by atoms with Crippen molar-refractivity contribution in [2.45, 2.75) is 26.4 Å². The van der Waals surface area contributed by atoms with Crippen molar-refractivity contribution >= 4 is 17.5 Å². The quantitative estimate of drug-likeness (QED) is 0.369. The molecule has 0 fully saturated rings. The lowest BCUT2D eigenvalue weighted by atomic mass is 10.0. The summed E-state index contributed by atoms with van der Waals surface area (Å²) in [4.78, 5) is 14.9. The van der Waals surface area contributed by atoms with Crippen LogP contribution in [0.2, 0.25) is 5.02 Å². The molecule has 156 valence electrons. The molecule has 6 heteroatoms. The second-order valence-electron chi connectivity index (χ2n) is 7.45. The van der Waals surface area contributed by atoms with Crippen molar-refractivity contribution in [3.8, 4) is 22.6 Å². The van der Waals surface area contributed by atoms with Gasteiger partial charge in [-0.3, -0.25) is 4.79 Å². The average Bonchev–Trinajstić information content (AvgIpc) is 3.26. The molecule has 1 heterocycles. The maximum absolute atomic E-state index is 13.2. The number of amides is 1. The third-order valence-electron chi connectivity index (χ3n) is 5.00. The molecule has 0 N–H and O–H groups in total. The highest BCUT2D eigenvalue weighted by Gasteiger charge is 2.22. The zero-order valence-corrected chi connectivity index (χ0v) is 18.1. The summed E-state index contributed by atoms with van der Waals surface area (Å²) in [7, 11) is 0. The van der Waals surface area contributed by atoms with Crippen LogP contribution in [0.5, 0.6) is 0 Å². The van der Waals surface area contributed by atoms with Gasteiger partial charge in [-0.1, -0.05) is 66.2 Å². The lowest BCUT2D eigenvalue weighted by Gasteiger charge is -2.25. The van der Waals surface area contributed by atoms with Gasteiger partial charge in [0, 0.05) is 11.6 Å². The van der Waals surface area contributed by atoms with Gasteiger partial charge in [0.05, 0.1) is 17.1 Å². The van der Waals surface area contributed by atoms with Gasteiger partial charge in [-0.2, -0.15) is 0 Å². The van der Waals surface area contributed by atoms with E-state index in [0.717, 1.165) is 11.1 Å². The van der Waals surface area contributed by atoms with E-state index in [1.807, 2.05) is 86.6 Å². The van der Waals surface area contributed by atoms with E-state index in [1.54, 1.807) is 11.0 Å². The fourth-order valence-corrected chi connectivity index (χ4v) is 3.51. The molecule has 0 bridgehead atoms. The smallest absolute Gasteiger partial charge is 0.254 e. The molecule has 1 amide bonds. The molecule has 1 aromatic heterocycles. The normalized spacial score (nSPS) is 11.0. The van der Waals surface area contributed by atoms with Gasteiger partial charge in [0.15, 0.2) is 0 Å². The van der Waals surface area contributed by atoms with Gasteiger partial charge >= 0.3 is 0 Å². The molecule has 0 unspecified atom stereocenters. The molecule has 0 aliphatic heterocycles. The first-order chi connectivity index (χ1) is 15.0. The number of benzene rings is 3. The highest BCUT2D eigenvalue weighted by Crippen LogP contribution is 2.27. The number of rotatable bonds is 6. The summed E-state index contributed by atoms with van der Waals surface area (Å²) >= 11 is 6.22. The summed E-state index contributed by atoms with van der Waals surface area (Å²) in [6, 6.07) is 24.9. The summed E-state index contributed by atoms with van der Waals surface area (Å²) < 4.78 is 5.79. The van der Waals surface area contributed by atoms with Gasteiger partial charge in [0.25, 0.3) is 5.91 Å². The van der Waals surface area contributed by atoms with Crippen LogP contribution in [0.15, 0.2) is 83.3 Å². The summed E-state index contributed by atoms with van der Waals surface area (Å²) in [6.45, 7) is 4.14. The topological polar surface area (TPSA) is 59.2 Å². The fraction of sp³-hybridized carbons (Fsp3) is 0.160. The van der Waals surface area contributed by atoms with E-state index in [9.17, 15) is 4.79 Å². The third kappa shape index (κ3) is 4.67. The molecule has 4 rings (SSSR count). The summed E-state index contributed by atoms with van der Waals surface area (Å²) in [5.74, 6) is 0.606. The molecule has 0 aliphatic rings. The number of hydrogen-bond donors (Lipinski definition) is 0. The Balaban J connectivity index is 1.53. The van der Waals surface area contributed by atoms with Gasteiger partial charge in [-0.05, 0) is 49.2 Å². The molecular formula is C25H22ClN3O2. The Morgan fingerprint density at radius 3 is 2.23 bits per heavy atom. The van der Waals surface area contributed by atoms with E-state index in [1.165, 1.54) is 0 Å². The second kappa shape index (κ2) is 9.14. The van der Waals surface area contributed by atoms with Crippen molar-refractivity contribution in [2.24, 2.45) is 0 Å². The lowest BCUT2D eigenvalue weighted by Crippen LogP contribution is -2.36. The lowest BCUT2D eigenvalue weighted by molar-refractivity contribution is 0.0672. The van der Waals surface area contributed by atoms with Crippen LogP contribution in [0.25, 0.3) is 22.6 Å². The fourth-order valence-electron chi connectivity index (χ4n) is 3.30. The predicted molar refractivity (Wildman–Crippen MR) is 122 cm³/mol. The molecular weight excluding hydrogens is 410 g/mol. The van der Waals surface area contributed by atoms with Crippen molar-refractivity contribution in [1.29, 1.82) is 0 Å². The Hall–Kier alpha value is -3.44. The van der Waals surface area contributed by atoms with Gasteiger partial charge < -0.3 is 9.32 Å². The molecule has 0 atom stereocenters. The van der Waals surface area contributed by atoms with Gasteiger partial charge in [0.2, 0.25) is 11.8 Å². The number of nitrogens with zero attached hydrogens (tertiary/aromatic N) is 3. The molecule has 0 radical (unpaired) electrons. The minimum absolute atomic E-state index is 0.0445. The van der Waals surface area contributed by atoms with Crippen LogP contribution < -0.4 is 0 Å². The molecule has 4 aromatic rings. The number of carbonyl (C=O) groups excluding carboxylic acids is 1. The van der Waals surface area contributed by atoms with E-state index < -0.39 is 0 Å². The van der Waals surface area contributed by atoms with Crippen molar-refractivity contribution in [2.75, 3.05) is 0 Å². The minimum Gasteiger partial charge on any atom is -0.419 e. The number of carbonyl (C=O) groups is 1. The Morgan fingerprint density at radius 1 is 0.903 bits per heavy atom. The van der Waals surface area contributed by atoms with Gasteiger partial charge in [0.1, 0.15) is 0 Å². The largest absolute Gasteiger partial charge is 0.419 e. The minimum atomic E-state index is -0.0906. The first-order valence-corrected chi connectivity index (χ1v) is 10.4. The van der Waals surface area contributed by atoms with E-state index in [2.05, 4.69) is 10.2 Å². The monoisotopic (exact) mass is 431 g/mol. The Bertz CT molecular complexity index is 1170. The molecule has 0 saturated carbocycles. The van der Waals surface area contributed by atoms with Crippen molar-refractivity contribution in [1.82, 2.24) is 15.1 Å². The maximum Gasteiger partial charge on any atom is 0.254 e. The Morgan fingerprint density at radius 2 is 1.55 bits per heavy atom. The molecule has 5 nitrogen and oxygen atoms in total. The van der Waals surface area contributed by atoms with Crippen molar-refractivity contribution in [3.63, 3.8) is 0 Å². The van der Waals surface area contributed by atoms with E-state index >= 15 is 0 Å². The van der Waals surface area contributed by atoms with E-state index in [0.29, 0.717) is 27.9 Å². The van der Waals surface area contributed by atoms with Crippen LogP contribution in [0.1, 0.15) is 30.1 Å². The summed E-state index contributed by atoms with van der Waals surface area (Å²) in [5.41, 5.74) is 3.45. The zero-order valence-electron chi connectivity index (χ0n) is 17.3. The Labute approximate surface area is 186 Å². The molecule has 0 aliphatic carbocycles. The highest BCUT2D eigenvalue weighted by atomic mass is 35.5. The van der Waals surface area contributed by atoms with Crippen LogP contribution in [0.3, 0.4) is 0 Å². The van der Waals surface area contributed by atoms with Crippen LogP contribution in [0.4, 0.5) is 0 Å². The van der Waals surface area contributed by atoms with Gasteiger partial charge in [-0.15, -0.1) is 10.2 Å².